The van der Waals surface area contributed by atoms with Gasteiger partial charge < -0.3 is 20.6 Å². The second-order valence-corrected chi connectivity index (χ2v) is 12.4. The van der Waals surface area contributed by atoms with Crippen molar-refractivity contribution in [3.05, 3.63) is 58.1 Å². The van der Waals surface area contributed by atoms with Gasteiger partial charge in [-0.05, 0) is 55.4 Å². The number of fused-ring (bicyclic) bond motifs is 6. The molecule has 41 heavy (non-hydrogen) atoms. The Labute approximate surface area is 244 Å². The van der Waals surface area contributed by atoms with Gasteiger partial charge in [0, 0.05) is 40.5 Å². The maximum absolute atomic E-state index is 15.3. The van der Waals surface area contributed by atoms with Gasteiger partial charge in [0.25, 0.3) is 11.8 Å². The van der Waals surface area contributed by atoms with Crippen LogP contribution < -0.4 is 10.6 Å². The van der Waals surface area contributed by atoms with Gasteiger partial charge in [0.15, 0.2) is 5.60 Å². The van der Waals surface area contributed by atoms with Gasteiger partial charge in [-0.2, -0.15) is 5.26 Å². The number of rotatable bonds is 5. The molecule has 3 amide bonds. The van der Waals surface area contributed by atoms with E-state index in [2.05, 4.69) is 26.6 Å². The lowest BCUT2D eigenvalue weighted by Gasteiger charge is -2.54. The van der Waals surface area contributed by atoms with Crippen LogP contribution in [0, 0.1) is 23.2 Å². The van der Waals surface area contributed by atoms with E-state index in [1.54, 1.807) is 42.5 Å². The molecule has 0 aromatic heterocycles. The molecule has 0 radical (unpaired) electrons. The number of hydrogen-bond acceptors (Lipinski definition) is 5. The first kappa shape index (κ1) is 27.8. The molecular formula is C30H29BrF2N4O4. The predicted octanol–water partition coefficient (Wildman–Crippen LogP) is 3.60. The minimum atomic E-state index is -3.20. The SMILES string of the molecule is N#C[C@H](C[C@@H]1CCCNC1=O)NC(=O)[C@@H]1[C@@H]2CC[C@@H](CC2(F)F)N1C(=O)[C@@]1(O)c2ccccc2-c2ccc(Br)cc21. The molecule has 3 aliphatic heterocycles. The van der Waals surface area contributed by atoms with Crippen molar-refractivity contribution in [2.24, 2.45) is 11.8 Å². The number of amides is 3. The topological polar surface area (TPSA) is 123 Å². The van der Waals surface area contributed by atoms with E-state index in [9.17, 15) is 24.8 Å². The van der Waals surface area contributed by atoms with Crippen LogP contribution in [-0.2, 0) is 20.0 Å². The standard InChI is InChI=1S/C30H29BrF2N4O4/c31-17-7-9-21-20-5-1-2-6-22(20)30(41,24(21)13-17)28(40)37-19-8-10-23(29(32,33)14-19)25(37)27(39)36-18(15-34)12-16-4-3-11-35-26(16)38/h1-2,5-7,9,13,16,18-19,23,25,41H,3-4,8,10-12,14H2,(H,35,38)(H,36,39)/t16-,18-,19-,23-,25-,30+/m0/s1. The van der Waals surface area contributed by atoms with Gasteiger partial charge >= 0.3 is 0 Å². The van der Waals surface area contributed by atoms with E-state index in [1.807, 2.05) is 6.07 Å². The number of hydrogen-bond donors (Lipinski definition) is 3. The zero-order valence-corrected chi connectivity index (χ0v) is 23.7. The minimum absolute atomic E-state index is 0.0267. The normalized spacial score (nSPS) is 30.0. The van der Waals surface area contributed by atoms with Gasteiger partial charge in [0.1, 0.15) is 12.1 Å². The summed E-state index contributed by atoms with van der Waals surface area (Å²) in [5.41, 5.74) is -0.277. The fraction of sp³-hybridized carbons (Fsp3) is 0.467. The molecular weight excluding hydrogens is 598 g/mol. The third-order valence-electron chi connectivity index (χ3n) is 9.12. The molecule has 4 fully saturated rings. The molecule has 11 heteroatoms. The Hall–Kier alpha value is -3.36. The first-order valence-electron chi connectivity index (χ1n) is 13.9. The summed E-state index contributed by atoms with van der Waals surface area (Å²) in [6.45, 7) is 0.544. The molecule has 7 rings (SSSR count). The highest BCUT2D eigenvalue weighted by molar-refractivity contribution is 9.10. The van der Waals surface area contributed by atoms with E-state index in [0.717, 1.165) is 11.3 Å². The third kappa shape index (κ3) is 4.43. The van der Waals surface area contributed by atoms with Crippen LogP contribution in [0.3, 0.4) is 0 Å². The Morgan fingerprint density at radius 3 is 2.66 bits per heavy atom. The van der Waals surface area contributed by atoms with Gasteiger partial charge in [-0.1, -0.05) is 46.3 Å². The van der Waals surface area contributed by atoms with Crippen molar-refractivity contribution in [3.8, 4) is 17.2 Å². The quantitative estimate of drug-likeness (QED) is 0.468. The molecule has 1 saturated carbocycles. The Morgan fingerprint density at radius 2 is 1.93 bits per heavy atom. The van der Waals surface area contributed by atoms with Crippen LogP contribution in [0.2, 0.25) is 0 Å². The van der Waals surface area contributed by atoms with Gasteiger partial charge in [-0.3, -0.25) is 14.4 Å². The molecule has 6 atom stereocenters. The van der Waals surface area contributed by atoms with E-state index in [0.29, 0.717) is 39.7 Å². The van der Waals surface area contributed by atoms with Crippen molar-refractivity contribution < 1.29 is 28.3 Å². The lowest BCUT2D eigenvalue weighted by atomic mass is 9.70. The molecule has 0 unspecified atom stereocenters. The summed E-state index contributed by atoms with van der Waals surface area (Å²) < 4.78 is 31.2. The summed E-state index contributed by atoms with van der Waals surface area (Å²) in [5, 5.41) is 27.3. The summed E-state index contributed by atoms with van der Waals surface area (Å²) in [6.07, 6.45) is 1.01. The average Bonchev–Trinajstić information content (AvgIpc) is 3.21. The Morgan fingerprint density at radius 1 is 1.17 bits per heavy atom. The Bertz CT molecular complexity index is 1480. The fourth-order valence-corrected chi connectivity index (χ4v) is 7.55. The number of nitriles is 1. The molecule has 3 saturated heterocycles. The van der Waals surface area contributed by atoms with Crippen LogP contribution in [0.5, 0.6) is 0 Å². The van der Waals surface area contributed by atoms with E-state index in [1.165, 1.54) is 0 Å². The van der Waals surface area contributed by atoms with Gasteiger partial charge in [-0.25, -0.2) is 8.78 Å². The maximum Gasteiger partial charge on any atom is 0.264 e. The highest BCUT2D eigenvalue weighted by Crippen LogP contribution is 2.54. The number of piperidine rings is 3. The fourth-order valence-electron chi connectivity index (χ4n) is 7.19. The summed E-state index contributed by atoms with van der Waals surface area (Å²) in [6, 6.07) is 10.4. The summed E-state index contributed by atoms with van der Waals surface area (Å²) in [7, 11) is 0. The van der Waals surface area contributed by atoms with E-state index < -0.39 is 59.7 Å². The lowest BCUT2D eigenvalue weighted by Crippen LogP contribution is -2.70. The molecule has 5 aliphatic rings. The highest BCUT2D eigenvalue weighted by Gasteiger charge is 2.63. The highest BCUT2D eigenvalue weighted by atomic mass is 79.9. The van der Waals surface area contributed by atoms with Gasteiger partial charge in [0.05, 0.1) is 12.0 Å². The van der Waals surface area contributed by atoms with Crippen LogP contribution >= 0.6 is 15.9 Å². The first-order valence-corrected chi connectivity index (χ1v) is 14.7. The Kier molecular flexibility index (Phi) is 6.90. The Balaban J connectivity index is 1.36. The van der Waals surface area contributed by atoms with E-state index in [4.69, 9.17) is 0 Å². The average molecular weight is 627 g/mol. The van der Waals surface area contributed by atoms with Gasteiger partial charge in [-0.15, -0.1) is 0 Å². The number of aliphatic hydroxyl groups is 1. The summed E-state index contributed by atoms with van der Waals surface area (Å²) >= 11 is 3.41. The molecule has 3 N–H and O–H groups in total. The molecule has 2 aromatic rings. The van der Waals surface area contributed by atoms with Crippen LogP contribution in [0.4, 0.5) is 8.78 Å². The number of carbonyl (C=O) groups is 3. The monoisotopic (exact) mass is 626 g/mol. The van der Waals surface area contributed by atoms with Crippen LogP contribution in [0.25, 0.3) is 11.1 Å². The number of nitrogens with zero attached hydrogens (tertiary/aromatic N) is 2. The number of carbonyl (C=O) groups excluding carboxylic acids is 3. The molecule has 2 bridgehead atoms. The number of benzene rings is 2. The second-order valence-electron chi connectivity index (χ2n) is 11.5. The van der Waals surface area contributed by atoms with Crippen molar-refractivity contribution in [2.45, 2.75) is 68.2 Å². The second kappa shape index (κ2) is 10.2. The molecule has 2 aliphatic carbocycles. The molecule has 3 heterocycles. The van der Waals surface area contributed by atoms with Crippen molar-refractivity contribution >= 4 is 33.7 Å². The van der Waals surface area contributed by atoms with E-state index in [-0.39, 0.29) is 25.2 Å². The molecule has 214 valence electrons. The zero-order chi connectivity index (χ0) is 29.1. The van der Waals surface area contributed by atoms with Crippen LogP contribution in [0.1, 0.15) is 49.7 Å². The van der Waals surface area contributed by atoms with Crippen molar-refractivity contribution in [2.75, 3.05) is 6.54 Å². The first-order chi connectivity index (χ1) is 19.6. The summed E-state index contributed by atoms with van der Waals surface area (Å²) in [5.74, 6) is -7.09. The number of nitrogens with one attached hydrogen (secondary N) is 2. The number of halogens is 3. The van der Waals surface area contributed by atoms with Crippen molar-refractivity contribution in [1.82, 2.24) is 15.5 Å². The molecule has 2 aromatic carbocycles. The maximum atomic E-state index is 15.3. The van der Waals surface area contributed by atoms with Crippen LogP contribution in [-0.4, -0.2) is 58.3 Å². The van der Waals surface area contributed by atoms with Crippen LogP contribution in [0.15, 0.2) is 46.9 Å². The minimum Gasteiger partial charge on any atom is -0.372 e. The van der Waals surface area contributed by atoms with Crippen molar-refractivity contribution in [1.29, 1.82) is 5.26 Å². The smallest absolute Gasteiger partial charge is 0.264 e. The van der Waals surface area contributed by atoms with Gasteiger partial charge in [0.2, 0.25) is 11.8 Å². The zero-order valence-electron chi connectivity index (χ0n) is 22.1. The molecule has 8 nitrogen and oxygen atoms in total. The predicted molar refractivity (Wildman–Crippen MR) is 147 cm³/mol. The largest absolute Gasteiger partial charge is 0.372 e. The van der Waals surface area contributed by atoms with E-state index >= 15 is 8.78 Å². The summed E-state index contributed by atoms with van der Waals surface area (Å²) in [4.78, 5) is 41.7. The number of alkyl halides is 2. The molecule has 0 spiro atoms. The third-order valence-corrected chi connectivity index (χ3v) is 9.61. The van der Waals surface area contributed by atoms with Crippen molar-refractivity contribution in [3.63, 3.8) is 0 Å². The lowest BCUT2D eigenvalue weighted by molar-refractivity contribution is -0.201.